The first kappa shape index (κ1) is 22.0. The van der Waals surface area contributed by atoms with Crippen LogP contribution in [0, 0.1) is 6.92 Å². The van der Waals surface area contributed by atoms with Gasteiger partial charge in [-0.15, -0.1) is 11.3 Å². The minimum atomic E-state index is -0.136. The van der Waals surface area contributed by atoms with Crippen molar-refractivity contribution >= 4 is 29.0 Å². The topological polar surface area (TPSA) is 65.5 Å². The van der Waals surface area contributed by atoms with Gasteiger partial charge in [-0.25, -0.2) is 9.78 Å². The van der Waals surface area contributed by atoms with Gasteiger partial charge in [0.05, 0.1) is 0 Å². The van der Waals surface area contributed by atoms with Gasteiger partial charge in [-0.1, -0.05) is 50.2 Å². The fourth-order valence-corrected chi connectivity index (χ4v) is 4.52. The molecule has 1 N–H and O–H groups in total. The van der Waals surface area contributed by atoms with Crippen LogP contribution >= 0.6 is 11.3 Å². The lowest BCUT2D eigenvalue weighted by atomic mass is 10.0. The number of hydrogen-bond acceptors (Lipinski definition) is 4. The third-order valence-corrected chi connectivity index (χ3v) is 6.56. The summed E-state index contributed by atoms with van der Waals surface area (Å²) in [6.45, 7) is 8.31. The van der Waals surface area contributed by atoms with E-state index in [1.807, 2.05) is 36.6 Å². The van der Waals surface area contributed by atoms with Gasteiger partial charge in [0.15, 0.2) is 0 Å². The molecule has 7 heteroatoms. The zero-order valence-electron chi connectivity index (χ0n) is 18.7. The molecule has 1 aromatic heterocycles. The lowest BCUT2D eigenvalue weighted by Crippen LogP contribution is -2.51. The van der Waals surface area contributed by atoms with Crippen molar-refractivity contribution in [1.29, 1.82) is 0 Å². The van der Waals surface area contributed by atoms with Crippen LogP contribution in [0.3, 0.4) is 0 Å². The monoisotopic (exact) mass is 448 g/mol. The van der Waals surface area contributed by atoms with E-state index >= 15 is 0 Å². The number of benzene rings is 2. The molecular weight excluding hydrogens is 420 g/mol. The number of hydrogen-bond donors (Lipinski definition) is 1. The fourth-order valence-electron chi connectivity index (χ4n) is 3.72. The van der Waals surface area contributed by atoms with Crippen molar-refractivity contribution in [2.75, 3.05) is 31.5 Å². The van der Waals surface area contributed by atoms with E-state index in [1.54, 1.807) is 9.80 Å². The summed E-state index contributed by atoms with van der Waals surface area (Å²) in [7, 11) is 0. The summed E-state index contributed by atoms with van der Waals surface area (Å²) in [4.78, 5) is 33.6. The fraction of sp³-hybridized carbons (Fsp3) is 0.320. The first-order valence-electron chi connectivity index (χ1n) is 10.9. The predicted octanol–water partition coefficient (Wildman–Crippen LogP) is 5.23. The van der Waals surface area contributed by atoms with Crippen LogP contribution in [0.5, 0.6) is 0 Å². The minimum absolute atomic E-state index is 0.0787. The van der Waals surface area contributed by atoms with Crippen LogP contribution in [0.1, 0.15) is 41.4 Å². The number of aromatic nitrogens is 1. The van der Waals surface area contributed by atoms with Crippen molar-refractivity contribution in [1.82, 2.24) is 14.8 Å². The molecule has 4 rings (SSSR count). The average molecular weight is 449 g/mol. The largest absolute Gasteiger partial charge is 0.334 e. The number of amides is 3. The lowest BCUT2D eigenvalue weighted by Gasteiger charge is -2.34. The number of carbonyl (C=O) groups excluding carboxylic acids is 2. The zero-order chi connectivity index (χ0) is 22.7. The van der Waals surface area contributed by atoms with Gasteiger partial charge in [0.2, 0.25) is 0 Å². The smallest absolute Gasteiger partial charge is 0.321 e. The SMILES string of the molecule is Cc1cccc(NC(=O)N2CCN(C(=O)c3csc(-c4ccc(C(C)C)cc4)n3)CC2)c1. The van der Waals surface area contributed by atoms with Gasteiger partial charge < -0.3 is 15.1 Å². The number of anilines is 1. The predicted molar refractivity (Wildman–Crippen MR) is 129 cm³/mol. The zero-order valence-corrected chi connectivity index (χ0v) is 19.5. The molecular formula is C25H28N4O2S. The number of thiazole rings is 1. The normalized spacial score (nSPS) is 14.0. The number of nitrogens with one attached hydrogen (secondary N) is 1. The summed E-state index contributed by atoms with van der Waals surface area (Å²) in [6, 6.07) is 15.9. The van der Waals surface area contributed by atoms with Crippen LogP contribution in [-0.4, -0.2) is 52.9 Å². The van der Waals surface area contributed by atoms with Gasteiger partial charge in [-0.05, 0) is 36.1 Å². The highest BCUT2D eigenvalue weighted by molar-refractivity contribution is 7.13. The maximum absolute atomic E-state index is 12.9. The van der Waals surface area contributed by atoms with Crippen molar-refractivity contribution in [3.8, 4) is 10.6 Å². The molecule has 3 aromatic rings. The quantitative estimate of drug-likeness (QED) is 0.594. The molecule has 32 heavy (non-hydrogen) atoms. The maximum atomic E-state index is 12.9. The van der Waals surface area contributed by atoms with Gasteiger partial charge in [0.1, 0.15) is 10.7 Å². The summed E-state index contributed by atoms with van der Waals surface area (Å²) < 4.78 is 0. The Bertz CT molecular complexity index is 1100. The van der Waals surface area contributed by atoms with Gasteiger partial charge in [0.25, 0.3) is 5.91 Å². The van der Waals surface area contributed by atoms with E-state index in [4.69, 9.17) is 0 Å². The second kappa shape index (κ2) is 9.53. The lowest BCUT2D eigenvalue weighted by molar-refractivity contribution is 0.0667. The molecule has 166 valence electrons. The molecule has 0 saturated carbocycles. The molecule has 2 aromatic carbocycles. The molecule has 0 unspecified atom stereocenters. The number of aryl methyl sites for hydroxylation is 1. The average Bonchev–Trinajstić information content (AvgIpc) is 3.29. The standard InChI is InChI=1S/C25H28N4O2S/c1-17(2)19-7-9-20(10-8-19)23-27-22(16-32-23)24(30)28-11-13-29(14-12-28)25(31)26-21-6-4-5-18(3)15-21/h4-10,15-17H,11-14H2,1-3H3,(H,26,31). The van der Waals surface area contributed by atoms with Crippen molar-refractivity contribution in [3.05, 3.63) is 70.7 Å². The number of carbonyl (C=O) groups is 2. The van der Waals surface area contributed by atoms with E-state index < -0.39 is 0 Å². The summed E-state index contributed by atoms with van der Waals surface area (Å²) in [6.07, 6.45) is 0. The molecule has 6 nitrogen and oxygen atoms in total. The number of urea groups is 1. The van der Waals surface area contributed by atoms with Crippen LogP contribution in [0.25, 0.3) is 10.6 Å². The van der Waals surface area contributed by atoms with Crippen molar-refractivity contribution in [3.63, 3.8) is 0 Å². The highest BCUT2D eigenvalue weighted by Gasteiger charge is 2.26. The van der Waals surface area contributed by atoms with Crippen LogP contribution in [-0.2, 0) is 0 Å². The molecule has 0 atom stereocenters. The van der Waals surface area contributed by atoms with Crippen LogP contribution < -0.4 is 5.32 Å². The number of piperazine rings is 1. The van der Waals surface area contributed by atoms with Crippen molar-refractivity contribution in [2.24, 2.45) is 0 Å². The molecule has 0 bridgehead atoms. The summed E-state index contributed by atoms with van der Waals surface area (Å²) in [5.41, 5.74) is 4.65. The highest BCUT2D eigenvalue weighted by atomic mass is 32.1. The Labute approximate surface area is 192 Å². The molecule has 0 spiro atoms. The molecule has 3 amide bonds. The molecule has 1 aliphatic heterocycles. The first-order chi connectivity index (χ1) is 15.4. The van der Waals surface area contributed by atoms with Gasteiger partial charge in [-0.3, -0.25) is 4.79 Å². The summed E-state index contributed by atoms with van der Waals surface area (Å²) in [5, 5.41) is 5.60. The summed E-state index contributed by atoms with van der Waals surface area (Å²) >= 11 is 1.48. The number of rotatable bonds is 4. The van der Waals surface area contributed by atoms with Gasteiger partial charge in [-0.2, -0.15) is 0 Å². The Morgan fingerprint density at radius 1 is 1.00 bits per heavy atom. The number of nitrogens with zero attached hydrogens (tertiary/aromatic N) is 3. The van der Waals surface area contributed by atoms with E-state index in [2.05, 4.69) is 48.4 Å². The van der Waals surface area contributed by atoms with E-state index in [1.165, 1.54) is 16.9 Å². The second-order valence-electron chi connectivity index (χ2n) is 8.39. The molecule has 1 aliphatic rings. The highest BCUT2D eigenvalue weighted by Crippen LogP contribution is 2.26. The maximum Gasteiger partial charge on any atom is 0.321 e. The first-order valence-corrected chi connectivity index (χ1v) is 11.8. The van der Waals surface area contributed by atoms with Crippen molar-refractivity contribution < 1.29 is 9.59 Å². The second-order valence-corrected chi connectivity index (χ2v) is 9.25. The van der Waals surface area contributed by atoms with E-state index in [0.717, 1.165) is 21.8 Å². The van der Waals surface area contributed by atoms with E-state index in [-0.39, 0.29) is 11.9 Å². The van der Waals surface area contributed by atoms with Crippen LogP contribution in [0.4, 0.5) is 10.5 Å². The third-order valence-electron chi connectivity index (χ3n) is 5.67. The molecule has 2 heterocycles. The molecule has 1 fully saturated rings. The Balaban J connectivity index is 1.34. The molecule has 0 radical (unpaired) electrons. The Morgan fingerprint density at radius 3 is 2.34 bits per heavy atom. The van der Waals surface area contributed by atoms with Crippen LogP contribution in [0.15, 0.2) is 53.9 Å². The Kier molecular flexibility index (Phi) is 6.55. The van der Waals surface area contributed by atoms with Gasteiger partial charge >= 0.3 is 6.03 Å². The van der Waals surface area contributed by atoms with E-state index in [0.29, 0.717) is 37.8 Å². The minimum Gasteiger partial charge on any atom is -0.334 e. The third kappa shape index (κ3) is 4.99. The molecule has 1 saturated heterocycles. The Morgan fingerprint density at radius 2 is 1.69 bits per heavy atom. The molecule has 0 aliphatic carbocycles. The van der Waals surface area contributed by atoms with E-state index in [9.17, 15) is 9.59 Å². The summed E-state index contributed by atoms with van der Waals surface area (Å²) in [5.74, 6) is 0.403. The van der Waals surface area contributed by atoms with Crippen molar-refractivity contribution in [2.45, 2.75) is 26.7 Å². The van der Waals surface area contributed by atoms with Crippen LogP contribution in [0.2, 0.25) is 0 Å². The van der Waals surface area contributed by atoms with Gasteiger partial charge in [0, 0.05) is 42.8 Å². The Hall–Kier alpha value is -3.19.